The molecule has 96 valence electrons. The first-order valence-electron chi connectivity index (χ1n) is 5.11. The Morgan fingerprint density at radius 2 is 1.94 bits per heavy atom. The van der Waals surface area contributed by atoms with Gasteiger partial charge in [-0.05, 0) is 18.6 Å². The zero-order valence-electron chi connectivity index (χ0n) is 9.80. The van der Waals surface area contributed by atoms with Gasteiger partial charge in [-0.15, -0.1) is 0 Å². The van der Waals surface area contributed by atoms with Gasteiger partial charge in [-0.2, -0.15) is 0 Å². The van der Waals surface area contributed by atoms with E-state index in [9.17, 15) is 8.78 Å². The van der Waals surface area contributed by atoms with Gasteiger partial charge in [0.25, 0.3) is 0 Å². The van der Waals surface area contributed by atoms with Gasteiger partial charge in [-0.3, -0.25) is 0 Å². The topological polar surface area (TPSA) is 18.5 Å². The third-order valence-electron chi connectivity index (χ3n) is 2.50. The van der Waals surface area contributed by atoms with Gasteiger partial charge in [0.05, 0.1) is 0 Å². The number of hydrogen-bond acceptors (Lipinski definition) is 2. The van der Waals surface area contributed by atoms with Crippen molar-refractivity contribution in [1.29, 1.82) is 0 Å². The van der Waals surface area contributed by atoms with E-state index in [2.05, 4.69) is 15.9 Å². The highest BCUT2D eigenvalue weighted by Crippen LogP contribution is 2.33. The maximum absolute atomic E-state index is 13.2. The zero-order chi connectivity index (χ0) is 12.9. The second kappa shape index (κ2) is 6.42. The van der Waals surface area contributed by atoms with E-state index >= 15 is 0 Å². The third kappa shape index (κ3) is 3.24. The van der Waals surface area contributed by atoms with Crippen LogP contribution < -0.4 is 0 Å². The van der Waals surface area contributed by atoms with Crippen LogP contribution in [0.5, 0.6) is 0 Å². The molecule has 17 heavy (non-hydrogen) atoms. The summed E-state index contributed by atoms with van der Waals surface area (Å²) < 4.78 is 36.8. The Balaban J connectivity index is 3.11. The molecule has 0 N–H and O–H groups in total. The maximum Gasteiger partial charge on any atom is 0.153 e. The van der Waals surface area contributed by atoms with Crippen molar-refractivity contribution in [2.24, 2.45) is 0 Å². The molecule has 0 heterocycles. The molecule has 0 atom stereocenters. The summed E-state index contributed by atoms with van der Waals surface area (Å²) in [5.41, 5.74) is -0.146. The van der Waals surface area contributed by atoms with Crippen LogP contribution in [0.15, 0.2) is 22.7 Å². The molecule has 0 aromatic heterocycles. The van der Waals surface area contributed by atoms with Crippen LogP contribution in [0.2, 0.25) is 0 Å². The lowest BCUT2D eigenvalue weighted by molar-refractivity contribution is -0.152. The van der Waals surface area contributed by atoms with Crippen LogP contribution in [-0.2, 0) is 15.1 Å². The van der Waals surface area contributed by atoms with Gasteiger partial charge in [-0.25, -0.2) is 8.78 Å². The second-order valence-electron chi connectivity index (χ2n) is 3.80. The van der Waals surface area contributed by atoms with Crippen LogP contribution in [0.4, 0.5) is 8.78 Å². The van der Waals surface area contributed by atoms with Gasteiger partial charge >= 0.3 is 0 Å². The lowest BCUT2D eigenvalue weighted by Crippen LogP contribution is -2.36. The predicted octanol–water partition coefficient (Wildman–Crippen LogP) is 3.51. The molecule has 0 radical (unpaired) electrons. The van der Waals surface area contributed by atoms with Crippen molar-refractivity contribution in [2.75, 3.05) is 27.3 Å². The zero-order valence-corrected chi connectivity index (χ0v) is 11.4. The molecular weight excluding hydrogens is 294 g/mol. The summed E-state index contributed by atoms with van der Waals surface area (Å²) in [6.07, 6.45) is 0. The minimum Gasteiger partial charge on any atom is -0.359 e. The largest absolute Gasteiger partial charge is 0.359 e. The summed E-state index contributed by atoms with van der Waals surface area (Å²) in [5, 5.41) is 0. The van der Waals surface area contributed by atoms with E-state index < -0.39 is 19.0 Å². The first kappa shape index (κ1) is 14.5. The van der Waals surface area contributed by atoms with Crippen molar-refractivity contribution in [3.63, 3.8) is 0 Å². The quantitative estimate of drug-likeness (QED) is 0.749. The number of alkyl halides is 2. The molecule has 0 amide bonds. The molecule has 5 heteroatoms. The smallest absolute Gasteiger partial charge is 0.153 e. The molecule has 0 bridgehead atoms. The lowest BCUT2D eigenvalue weighted by Gasteiger charge is -2.29. The first-order valence-corrected chi connectivity index (χ1v) is 5.90. The van der Waals surface area contributed by atoms with Gasteiger partial charge in [0.15, 0.2) is 5.60 Å². The molecular formula is C12H15BrF2O2. The number of benzene rings is 1. The van der Waals surface area contributed by atoms with Crippen LogP contribution in [-0.4, -0.2) is 27.3 Å². The normalized spacial score (nSPS) is 11.8. The van der Waals surface area contributed by atoms with Crippen molar-refractivity contribution >= 4 is 15.9 Å². The first-order chi connectivity index (χ1) is 8.09. The molecule has 0 saturated heterocycles. The Bertz CT molecular complexity index is 368. The van der Waals surface area contributed by atoms with Crippen molar-refractivity contribution < 1.29 is 18.3 Å². The van der Waals surface area contributed by atoms with Gasteiger partial charge < -0.3 is 9.47 Å². The maximum atomic E-state index is 13.2. The Morgan fingerprint density at radius 3 is 2.41 bits per heavy atom. The van der Waals surface area contributed by atoms with Crippen LogP contribution >= 0.6 is 15.9 Å². The molecule has 1 rings (SSSR count). The van der Waals surface area contributed by atoms with Gasteiger partial charge in [0.1, 0.15) is 20.1 Å². The minimum absolute atomic E-state index is 0.159. The number of rotatable bonds is 6. The van der Waals surface area contributed by atoms with Crippen molar-refractivity contribution in [2.45, 2.75) is 12.5 Å². The summed E-state index contributed by atoms with van der Waals surface area (Å²) in [6.45, 7) is -0.158. The SMILES string of the molecule is COCOC(CF)(CF)c1ccc(C)cc1Br. The fraction of sp³-hybridized carbons (Fsp3) is 0.500. The molecule has 2 nitrogen and oxygen atoms in total. The molecule has 0 fully saturated rings. The molecule has 0 spiro atoms. The number of hydrogen-bond donors (Lipinski definition) is 0. The highest BCUT2D eigenvalue weighted by Gasteiger charge is 2.36. The predicted molar refractivity (Wildman–Crippen MR) is 65.5 cm³/mol. The van der Waals surface area contributed by atoms with E-state index in [1.165, 1.54) is 7.11 Å². The highest BCUT2D eigenvalue weighted by molar-refractivity contribution is 9.10. The molecule has 0 unspecified atom stereocenters. The Labute approximate surface area is 108 Å². The summed E-state index contributed by atoms with van der Waals surface area (Å²) in [7, 11) is 1.41. The Hall–Kier alpha value is -0.520. The highest BCUT2D eigenvalue weighted by atomic mass is 79.9. The van der Waals surface area contributed by atoms with Gasteiger partial charge in [0, 0.05) is 17.1 Å². The van der Waals surface area contributed by atoms with Crippen molar-refractivity contribution in [3.8, 4) is 0 Å². The molecule has 1 aromatic rings. The molecule has 0 aliphatic rings. The standard InChI is InChI=1S/C12H15BrF2O2/c1-9-3-4-10(11(13)5-9)12(6-14,7-15)17-8-16-2/h3-5H,6-8H2,1-2H3. The van der Waals surface area contributed by atoms with E-state index in [1.807, 2.05) is 6.92 Å². The van der Waals surface area contributed by atoms with Crippen LogP contribution in [0, 0.1) is 6.92 Å². The van der Waals surface area contributed by atoms with E-state index in [-0.39, 0.29) is 6.79 Å². The molecule has 0 saturated carbocycles. The van der Waals surface area contributed by atoms with E-state index in [1.54, 1.807) is 18.2 Å². The second-order valence-corrected chi connectivity index (χ2v) is 4.65. The van der Waals surface area contributed by atoms with Gasteiger partial charge in [0.2, 0.25) is 0 Å². The number of ether oxygens (including phenoxy) is 2. The van der Waals surface area contributed by atoms with Crippen LogP contribution in [0.3, 0.4) is 0 Å². The summed E-state index contributed by atoms with van der Waals surface area (Å²) in [6, 6.07) is 5.25. The number of methoxy groups -OCH3 is 1. The summed E-state index contributed by atoms with van der Waals surface area (Å²) in [4.78, 5) is 0. The third-order valence-corrected chi connectivity index (χ3v) is 3.16. The van der Waals surface area contributed by atoms with Crippen LogP contribution in [0.1, 0.15) is 11.1 Å². The fourth-order valence-electron chi connectivity index (χ4n) is 1.50. The summed E-state index contributed by atoms with van der Waals surface area (Å²) >= 11 is 3.30. The van der Waals surface area contributed by atoms with E-state index in [4.69, 9.17) is 9.47 Å². The monoisotopic (exact) mass is 308 g/mol. The Kier molecular flexibility index (Phi) is 5.49. The number of aryl methyl sites for hydroxylation is 1. The van der Waals surface area contributed by atoms with E-state index in [0.717, 1.165) is 5.56 Å². The average molecular weight is 309 g/mol. The Morgan fingerprint density at radius 1 is 1.29 bits per heavy atom. The molecule has 1 aromatic carbocycles. The average Bonchev–Trinajstić information content (AvgIpc) is 2.32. The van der Waals surface area contributed by atoms with Gasteiger partial charge in [-0.1, -0.05) is 28.1 Å². The van der Waals surface area contributed by atoms with Crippen molar-refractivity contribution in [1.82, 2.24) is 0 Å². The minimum atomic E-state index is -1.59. The summed E-state index contributed by atoms with van der Waals surface area (Å²) in [5.74, 6) is 0. The van der Waals surface area contributed by atoms with Crippen LogP contribution in [0.25, 0.3) is 0 Å². The lowest BCUT2D eigenvalue weighted by atomic mass is 9.95. The number of halogens is 3. The molecule has 0 aliphatic carbocycles. The fourth-order valence-corrected chi connectivity index (χ4v) is 2.35. The van der Waals surface area contributed by atoms with Crippen molar-refractivity contribution in [3.05, 3.63) is 33.8 Å². The molecule has 0 aliphatic heterocycles. The van der Waals surface area contributed by atoms with E-state index in [0.29, 0.717) is 10.0 Å².